The van der Waals surface area contributed by atoms with E-state index in [4.69, 9.17) is 5.26 Å². The van der Waals surface area contributed by atoms with Gasteiger partial charge in [-0.2, -0.15) is 19.1 Å². The summed E-state index contributed by atoms with van der Waals surface area (Å²) in [6, 6.07) is 0.828. The molecule has 0 aliphatic carbocycles. The molecular formula is C5H4F2N4. The van der Waals surface area contributed by atoms with Crippen molar-refractivity contribution in [2.75, 3.05) is 0 Å². The first-order chi connectivity index (χ1) is 5.08. The van der Waals surface area contributed by atoms with Crippen LogP contribution in [0.15, 0.2) is 6.33 Å². The van der Waals surface area contributed by atoms with Crippen molar-refractivity contribution in [2.45, 2.75) is 5.92 Å². The second-order valence-corrected chi connectivity index (χ2v) is 1.89. The SMILES string of the molecule is Cn1ncnc1C(F)(F)C#N. The van der Waals surface area contributed by atoms with Crippen molar-refractivity contribution in [1.82, 2.24) is 14.8 Å². The molecule has 1 aromatic heterocycles. The van der Waals surface area contributed by atoms with Gasteiger partial charge in [-0.15, -0.1) is 0 Å². The number of aromatic nitrogens is 3. The first kappa shape index (κ1) is 7.60. The third-order valence-electron chi connectivity index (χ3n) is 1.13. The topological polar surface area (TPSA) is 54.5 Å². The Labute approximate surface area is 61.1 Å². The molecule has 4 nitrogen and oxygen atoms in total. The van der Waals surface area contributed by atoms with E-state index in [-0.39, 0.29) is 0 Å². The van der Waals surface area contributed by atoms with Crippen LogP contribution in [-0.4, -0.2) is 14.8 Å². The molecule has 0 amide bonds. The molecule has 0 radical (unpaired) electrons. The van der Waals surface area contributed by atoms with Crippen molar-refractivity contribution >= 4 is 0 Å². The van der Waals surface area contributed by atoms with Crippen LogP contribution in [-0.2, 0) is 13.0 Å². The van der Waals surface area contributed by atoms with Crippen LogP contribution in [0, 0.1) is 11.3 Å². The lowest BCUT2D eigenvalue weighted by Gasteiger charge is -2.03. The molecule has 58 valence electrons. The minimum Gasteiger partial charge on any atom is -0.247 e. The highest BCUT2D eigenvalue weighted by molar-refractivity contribution is 5.07. The van der Waals surface area contributed by atoms with E-state index in [0.717, 1.165) is 17.1 Å². The summed E-state index contributed by atoms with van der Waals surface area (Å²) >= 11 is 0. The molecule has 6 heteroatoms. The molecule has 0 saturated heterocycles. The van der Waals surface area contributed by atoms with Crippen molar-refractivity contribution in [3.05, 3.63) is 12.2 Å². The Morgan fingerprint density at radius 1 is 1.73 bits per heavy atom. The van der Waals surface area contributed by atoms with Crippen LogP contribution >= 0.6 is 0 Å². The first-order valence-corrected chi connectivity index (χ1v) is 2.71. The van der Waals surface area contributed by atoms with Gasteiger partial charge >= 0.3 is 5.92 Å². The average molecular weight is 158 g/mol. The molecule has 11 heavy (non-hydrogen) atoms. The number of nitriles is 1. The molecule has 0 bridgehead atoms. The largest absolute Gasteiger partial charge is 0.390 e. The highest BCUT2D eigenvalue weighted by Gasteiger charge is 2.36. The summed E-state index contributed by atoms with van der Waals surface area (Å²) < 4.78 is 25.9. The number of hydrogen-bond donors (Lipinski definition) is 0. The number of rotatable bonds is 1. The molecule has 0 N–H and O–H groups in total. The van der Waals surface area contributed by atoms with Gasteiger partial charge in [0.1, 0.15) is 12.4 Å². The molecule has 0 unspecified atom stereocenters. The minimum absolute atomic E-state index is 0.639. The van der Waals surface area contributed by atoms with E-state index >= 15 is 0 Å². The minimum atomic E-state index is -3.55. The lowest BCUT2D eigenvalue weighted by molar-refractivity contribution is 0.0470. The van der Waals surface area contributed by atoms with Crippen molar-refractivity contribution in [3.63, 3.8) is 0 Å². The maximum Gasteiger partial charge on any atom is 0.390 e. The zero-order valence-corrected chi connectivity index (χ0v) is 5.62. The highest BCUT2D eigenvalue weighted by atomic mass is 19.3. The summed E-state index contributed by atoms with van der Waals surface area (Å²) in [5.41, 5.74) is 0. The quantitative estimate of drug-likeness (QED) is 0.595. The number of alkyl halides is 2. The number of nitrogens with zero attached hydrogens (tertiary/aromatic N) is 4. The molecule has 0 atom stereocenters. The third-order valence-corrected chi connectivity index (χ3v) is 1.13. The van der Waals surface area contributed by atoms with Gasteiger partial charge < -0.3 is 0 Å². The van der Waals surface area contributed by atoms with Crippen molar-refractivity contribution in [2.24, 2.45) is 7.05 Å². The summed E-state index contributed by atoms with van der Waals surface area (Å²) in [6.45, 7) is 0. The maximum absolute atomic E-state index is 12.5. The third kappa shape index (κ3) is 1.17. The fourth-order valence-corrected chi connectivity index (χ4v) is 0.630. The Bertz CT molecular complexity index is 298. The van der Waals surface area contributed by atoms with Gasteiger partial charge in [0.05, 0.1) is 0 Å². The Kier molecular flexibility index (Phi) is 1.57. The van der Waals surface area contributed by atoms with Gasteiger partial charge in [0.2, 0.25) is 5.82 Å². The van der Waals surface area contributed by atoms with Gasteiger partial charge in [0.25, 0.3) is 0 Å². The van der Waals surface area contributed by atoms with E-state index in [1.54, 1.807) is 0 Å². The average Bonchev–Trinajstić information content (AvgIpc) is 2.36. The van der Waals surface area contributed by atoms with Crippen LogP contribution < -0.4 is 0 Å². The molecule has 1 aromatic rings. The van der Waals surface area contributed by atoms with E-state index in [9.17, 15) is 8.78 Å². The fraction of sp³-hybridized carbons (Fsp3) is 0.400. The van der Waals surface area contributed by atoms with Gasteiger partial charge in [-0.3, -0.25) is 0 Å². The monoisotopic (exact) mass is 158 g/mol. The van der Waals surface area contributed by atoms with Gasteiger partial charge in [-0.25, -0.2) is 9.67 Å². The standard InChI is InChI=1S/C5H4F2N4/c1-11-4(9-3-10-11)5(6,7)2-8/h3H,1H3. The molecule has 0 saturated carbocycles. The van der Waals surface area contributed by atoms with Crippen molar-refractivity contribution in [1.29, 1.82) is 5.26 Å². The van der Waals surface area contributed by atoms with Gasteiger partial charge in [-0.05, 0) is 0 Å². The van der Waals surface area contributed by atoms with E-state index in [0.29, 0.717) is 0 Å². The molecule has 1 heterocycles. The van der Waals surface area contributed by atoms with Gasteiger partial charge in [-0.1, -0.05) is 0 Å². The molecular weight excluding hydrogens is 154 g/mol. The Morgan fingerprint density at radius 3 is 2.73 bits per heavy atom. The zero-order chi connectivity index (χ0) is 8.48. The molecule has 0 fully saturated rings. The molecule has 0 spiro atoms. The Hall–Kier alpha value is -1.51. The second kappa shape index (κ2) is 2.27. The van der Waals surface area contributed by atoms with E-state index in [1.165, 1.54) is 7.05 Å². The Balaban J connectivity index is 3.13. The molecule has 0 aliphatic heterocycles. The maximum atomic E-state index is 12.5. The van der Waals surface area contributed by atoms with Crippen LogP contribution in [0.25, 0.3) is 0 Å². The number of aryl methyl sites for hydroxylation is 1. The van der Waals surface area contributed by atoms with Gasteiger partial charge in [0, 0.05) is 7.05 Å². The second-order valence-electron chi connectivity index (χ2n) is 1.89. The van der Waals surface area contributed by atoms with Crippen molar-refractivity contribution < 1.29 is 8.78 Å². The molecule has 0 aliphatic rings. The normalized spacial score (nSPS) is 11.1. The van der Waals surface area contributed by atoms with Crippen LogP contribution in [0.1, 0.15) is 5.82 Å². The molecule has 0 aromatic carbocycles. The van der Waals surface area contributed by atoms with Crippen LogP contribution in [0.2, 0.25) is 0 Å². The van der Waals surface area contributed by atoms with Crippen LogP contribution in [0.3, 0.4) is 0 Å². The number of halogens is 2. The summed E-state index contributed by atoms with van der Waals surface area (Å²) in [6.07, 6.45) is 0.973. The molecule has 1 rings (SSSR count). The summed E-state index contributed by atoms with van der Waals surface area (Å²) in [5.74, 6) is -4.19. The van der Waals surface area contributed by atoms with E-state index < -0.39 is 11.7 Å². The predicted molar refractivity (Wildman–Crippen MR) is 30.5 cm³/mol. The predicted octanol–water partition coefficient (Wildman–Crippen LogP) is 0.430. The van der Waals surface area contributed by atoms with E-state index in [1.807, 2.05) is 0 Å². The Morgan fingerprint density at radius 2 is 2.36 bits per heavy atom. The first-order valence-electron chi connectivity index (χ1n) is 2.71. The lowest BCUT2D eigenvalue weighted by atomic mass is 10.3. The van der Waals surface area contributed by atoms with Crippen LogP contribution in [0.5, 0.6) is 0 Å². The summed E-state index contributed by atoms with van der Waals surface area (Å²) in [5, 5.41) is 11.4. The van der Waals surface area contributed by atoms with Crippen LogP contribution in [0.4, 0.5) is 8.78 Å². The lowest BCUT2D eigenvalue weighted by Crippen LogP contribution is -2.16. The summed E-state index contributed by atoms with van der Waals surface area (Å²) in [4.78, 5) is 3.24. The summed E-state index contributed by atoms with van der Waals surface area (Å²) in [7, 11) is 1.30. The smallest absolute Gasteiger partial charge is 0.247 e. The highest BCUT2D eigenvalue weighted by Crippen LogP contribution is 2.23. The zero-order valence-electron chi connectivity index (χ0n) is 5.62. The number of hydrogen-bond acceptors (Lipinski definition) is 3. The van der Waals surface area contributed by atoms with Gasteiger partial charge in [0.15, 0.2) is 0 Å². The van der Waals surface area contributed by atoms with Crippen molar-refractivity contribution in [3.8, 4) is 6.07 Å². The van der Waals surface area contributed by atoms with E-state index in [2.05, 4.69) is 10.1 Å². The fourth-order valence-electron chi connectivity index (χ4n) is 0.630.